The second-order valence-electron chi connectivity index (χ2n) is 5.95. The average molecular weight is 299 g/mol. The Balaban J connectivity index is 1.97. The van der Waals surface area contributed by atoms with Crippen LogP contribution < -0.4 is 5.32 Å². The Labute approximate surface area is 133 Å². The van der Waals surface area contributed by atoms with Gasteiger partial charge in [-0.1, -0.05) is 13.3 Å². The Morgan fingerprint density at radius 3 is 2.95 bits per heavy atom. The standard InChI is InChI=1S/C18H25N3O/c1-3-17-6-4-5-10-21(17)11-9-20-18-12-15(14(2)22)7-8-16(18)13-19/h7-8,12,17,20H,3-6,9-11H2,1-2H3. The minimum Gasteiger partial charge on any atom is -0.383 e. The molecule has 1 N–H and O–H groups in total. The third-order valence-electron chi connectivity index (χ3n) is 4.48. The molecule has 2 rings (SSSR count). The van der Waals surface area contributed by atoms with Gasteiger partial charge in [0.15, 0.2) is 5.78 Å². The van der Waals surface area contributed by atoms with Gasteiger partial charge in [0.25, 0.3) is 0 Å². The SMILES string of the molecule is CCC1CCCCN1CCNc1cc(C(C)=O)ccc1C#N. The predicted molar refractivity (Wildman–Crippen MR) is 89.2 cm³/mol. The van der Waals surface area contributed by atoms with Crippen LogP contribution in [0.25, 0.3) is 0 Å². The van der Waals surface area contributed by atoms with Crippen LogP contribution in [0.4, 0.5) is 5.69 Å². The highest BCUT2D eigenvalue weighted by molar-refractivity contribution is 5.95. The van der Waals surface area contributed by atoms with Gasteiger partial charge in [0.05, 0.1) is 11.3 Å². The normalized spacial score (nSPS) is 18.7. The van der Waals surface area contributed by atoms with E-state index in [1.54, 1.807) is 25.1 Å². The fraction of sp³-hybridized carbons (Fsp3) is 0.556. The summed E-state index contributed by atoms with van der Waals surface area (Å²) in [4.78, 5) is 14.0. The van der Waals surface area contributed by atoms with Crippen LogP contribution in [0.3, 0.4) is 0 Å². The summed E-state index contributed by atoms with van der Waals surface area (Å²) in [5.41, 5.74) is 2.00. The summed E-state index contributed by atoms with van der Waals surface area (Å²) in [6.07, 6.45) is 5.10. The number of hydrogen-bond donors (Lipinski definition) is 1. The topological polar surface area (TPSA) is 56.1 Å². The molecular weight excluding hydrogens is 274 g/mol. The first-order valence-corrected chi connectivity index (χ1v) is 8.18. The molecule has 1 saturated heterocycles. The number of nitriles is 1. The fourth-order valence-corrected chi connectivity index (χ4v) is 3.16. The lowest BCUT2D eigenvalue weighted by Gasteiger charge is -2.35. The number of ketones is 1. The Hall–Kier alpha value is -1.86. The van der Waals surface area contributed by atoms with Crippen molar-refractivity contribution in [2.45, 2.75) is 45.6 Å². The molecule has 1 atom stereocenters. The molecule has 0 aromatic heterocycles. The van der Waals surface area contributed by atoms with Crippen LogP contribution in [0, 0.1) is 11.3 Å². The van der Waals surface area contributed by atoms with Crippen molar-refractivity contribution >= 4 is 11.5 Å². The van der Waals surface area contributed by atoms with Gasteiger partial charge in [-0.05, 0) is 50.9 Å². The van der Waals surface area contributed by atoms with Crippen molar-refractivity contribution in [2.24, 2.45) is 0 Å². The first-order valence-electron chi connectivity index (χ1n) is 8.18. The molecule has 0 saturated carbocycles. The number of rotatable bonds is 6. The zero-order valence-corrected chi connectivity index (χ0v) is 13.6. The predicted octanol–water partition coefficient (Wildman–Crippen LogP) is 3.44. The van der Waals surface area contributed by atoms with E-state index in [2.05, 4.69) is 23.2 Å². The van der Waals surface area contributed by atoms with E-state index in [0.717, 1.165) is 18.8 Å². The van der Waals surface area contributed by atoms with Gasteiger partial charge in [0.1, 0.15) is 6.07 Å². The van der Waals surface area contributed by atoms with Crippen LogP contribution >= 0.6 is 0 Å². The summed E-state index contributed by atoms with van der Waals surface area (Å²) in [5.74, 6) is 0.0228. The van der Waals surface area contributed by atoms with Crippen molar-refractivity contribution < 1.29 is 4.79 Å². The van der Waals surface area contributed by atoms with E-state index < -0.39 is 0 Å². The summed E-state index contributed by atoms with van der Waals surface area (Å²) in [5, 5.41) is 12.5. The number of anilines is 1. The first kappa shape index (κ1) is 16.5. The maximum absolute atomic E-state index is 11.5. The van der Waals surface area contributed by atoms with Gasteiger partial charge in [-0.15, -0.1) is 0 Å². The molecule has 0 aliphatic carbocycles. The third-order valence-corrected chi connectivity index (χ3v) is 4.48. The number of carbonyl (C=O) groups excluding carboxylic acids is 1. The van der Waals surface area contributed by atoms with E-state index >= 15 is 0 Å². The molecule has 4 nitrogen and oxygen atoms in total. The van der Waals surface area contributed by atoms with Gasteiger partial charge >= 0.3 is 0 Å². The maximum atomic E-state index is 11.5. The molecule has 1 unspecified atom stereocenters. The van der Waals surface area contributed by atoms with E-state index in [9.17, 15) is 10.1 Å². The maximum Gasteiger partial charge on any atom is 0.159 e. The van der Waals surface area contributed by atoms with Gasteiger partial charge in [-0.25, -0.2) is 0 Å². The van der Waals surface area contributed by atoms with Gasteiger partial charge in [-0.2, -0.15) is 5.26 Å². The van der Waals surface area contributed by atoms with Gasteiger partial charge in [0.2, 0.25) is 0 Å². The fourth-order valence-electron chi connectivity index (χ4n) is 3.16. The molecule has 1 aromatic carbocycles. The third kappa shape index (κ3) is 4.08. The number of carbonyl (C=O) groups is 1. The van der Waals surface area contributed by atoms with Crippen molar-refractivity contribution in [1.29, 1.82) is 5.26 Å². The highest BCUT2D eigenvalue weighted by atomic mass is 16.1. The molecule has 4 heteroatoms. The molecule has 22 heavy (non-hydrogen) atoms. The molecular formula is C18H25N3O. The van der Waals surface area contributed by atoms with E-state index in [1.165, 1.54) is 32.2 Å². The highest BCUT2D eigenvalue weighted by Gasteiger charge is 2.20. The number of benzene rings is 1. The van der Waals surface area contributed by atoms with Crippen molar-refractivity contribution in [3.63, 3.8) is 0 Å². The van der Waals surface area contributed by atoms with Crippen LogP contribution in [0.1, 0.15) is 55.5 Å². The quantitative estimate of drug-likeness (QED) is 0.818. The number of likely N-dealkylation sites (tertiary alicyclic amines) is 1. The summed E-state index contributed by atoms with van der Waals surface area (Å²) in [6, 6.07) is 8.09. The van der Waals surface area contributed by atoms with Crippen LogP contribution in [-0.4, -0.2) is 36.4 Å². The number of piperidine rings is 1. The zero-order valence-electron chi connectivity index (χ0n) is 13.6. The summed E-state index contributed by atoms with van der Waals surface area (Å²) in [6.45, 7) is 6.74. The van der Waals surface area contributed by atoms with Crippen LogP contribution in [0.5, 0.6) is 0 Å². The summed E-state index contributed by atoms with van der Waals surface area (Å²) in [7, 11) is 0. The van der Waals surface area contributed by atoms with Crippen LogP contribution in [0.15, 0.2) is 18.2 Å². The molecule has 1 aromatic rings. The zero-order chi connectivity index (χ0) is 15.9. The Morgan fingerprint density at radius 1 is 1.45 bits per heavy atom. The van der Waals surface area contributed by atoms with E-state index in [4.69, 9.17) is 0 Å². The van der Waals surface area contributed by atoms with E-state index in [0.29, 0.717) is 17.2 Å². The molecule has 0 radical (unpaired) electrons. The van der Waals surface area contributed by atoms with Crippen LogP contribution in [-0.2, 0) is 0 Å². The lowest BCUT2D eigenvalue weighted by atomic mass is 10.0. The van der Waals surface area contributed by atoms with Gasteiger partial charge in [0, 0.05) is 24.7 Å². The lowest BCUT2D eigenvalue weighted by molar-refractivity contribution is 0.101. The molecule has 1 heterocycles. The number of hydrogen-bond acceptors (Lipinski definition) is 4. The Bertz CT molecular complexity index is 562. The minimum atomic E-state index is 0.0228. The average Bonchev–Trinajstić information content (AvgIpc) is 2.55. The molecule has 1 aliphatic rings. The molecule has 0 amide bonds. The monoisotopic (exact) mass is 299 g/mol. The Kier molecular flexibility index (Phi) is 5.97. The molecule has 0 bridgehead atoms. The second kappa shape index (κ2) is 7.95. The molecule has 1 fully saturated rings. The van der Waals surface area contributed by atoms with E-state index in [-0.39, 0.29) is 5.78 Å². The number of Topliss-reactive ketones (excluding diaryl/α,β-unsaturated/α-hetero) is 1. The highest BCUT2D eigenvalue weighted by Crippen LogP contribution is 2.20. The number of nitrogens with zero attached hydrogens (tertiary/aromatic N) is 2. The number of nitrogens with one attached hydrogen (secondary N) is 1. The molecule has 0 spiro atoms. The molecule has 118 valence electrons. The van der Waals surface area contributed by atoms with Crippen molar-refractivity contribution in [1.82, 2.24) is 4.90 Å². The summed E-state index contributed by atoms with van der Waals surface area (Å²) >= 11 is 0. The van der Waals surface area contributed by atoms with Gasteiger partial charge < -0.3 is 5.32 Å². The largest absolute Gasteiger partial charge is 0.383 e. The second-order valence-corrected chi connectivity index (χ2v) is 5.95. The minimum absolute atomic E-state index is 0.0228. The first-order chi connectivity index (χ1) is 10.7. The van der Waals surface area contributed by atoms with Crippen molar-refractivity contribution in [3.05, 3.63) is 29.3 Å². The summed E-state index contributed by atoms with van der Waals surface area (Å²) < 4.78 is 0. The van der Waals surface area contributed by atoms with Gasteiger partial charge in [-0.3, -0.25) is 9.69 Å². The lowest BCUT2D eigenvalue weighted by Crippen LogP contribution is -2.41. The van der Waals surface area contributed by atoms with Crippen molar-refractivity contribution in [2.75, 3.05) is 25.0 Å². The Morgan fingerprint density at radius 2 is 2.27 bits per heavy atom. The smallest absolute Gasteiger partial charge is 0.159 e. The molecule has 1 aliphatic heterocycles. The van der Waals surface area contributed by atoms with Crippen molar-refractivity contribution in [3.8, 4) is 6.07 Å². The van der Waals surface area contributed by atoms with E-state index in [1.807, 2.05) is 0 Å². The van der Waals surface area contributed by atoms with Crippen LogP contribution in [0.2, 0.25) is 0 Å².